The third-order valence-corrected chi connectivity index (χ3v) is 6.78. The number of carbonyl (C=O) groups is 1. The number of halogens is 1. The second kappa shape index (κ2) is 10.8. The molecule has 0 aliphatic carbocycles. The van der Waals surface area contributed by atoms with E-state index in [1.165, 1.54) is 12.1 Å². The molecule has 5 nitrogen and oxygen atoms in total. The topological polar surface area (TPSA) is 36.0 Å². The highest BCUT2D eigenvalue weighted by Crippen LogP contribution is 2.29. The summed E-state index contributed by atoms with van der Waals surface area (Å²) in [6, 6.07) is 15.2. The molecule has 2 aliphatic rings. The first-order valence-corrected chi connectivity index (χ1v) is 11.8. The van der Waals surface area contributed by atoms with Gasteiger partial charge in [-0.3, -0.25) is 9.69 Å². The van der Waals surface area contributed by atoms with E-state index in [0.717, 1.165) is 82.0 Å². The summed E-state index contributed by atoms with van der Waals surface area (Å²) in [7, 11) is 1.72. The van der Waals surface area contributed by atoms with E-state index in [-0.39, 0.29) is 11.7 Å². The first-order chi connectivity index (χ1) is 15.6. The quantitative estimate of drug-likeness (QED) is 0.654. The maximum absolute atomic E-state index is 13.0. The number of aryl methyl sites for hydroxylation is 1. The van der Waals surface area contributed by atoms with Crippen LogP contribution >= 0.6 is 0 Å². The third-order valence-electron chi connectivity index (χ3n) is 6.78. The molecule has 0 N–H and O–H groups in total. The van der Waals surface area contributed by atoms with Gasteiger partial charge in [-0.2, -0.15) is 0 Å². The van der Waals surface area contributed by atoms with E-state index in [9.17, 15) is 9.18 Å². The standard InChI is InChI=1S/C26H34FN3O2/c1-32-25-9-3-2-8-24(25)29-18-16-28(17-19-29)23-7-5-15-30(20-23)26(31)10-4-6-21-11-13-22(27)14-12-21/h2-3,8-9,11-14,23H,4-7,10,15-20H2,1H3/t23-/m1/s1. The molecular weight excluding hydrogens is 405 g/mol. The summed E-state index contributed by atoms with van der Waals surface area (Å²) in [5, 5.41) is 0. The second-order valence-corrected chi connectivity index (χ2v) is 8.81. The maximum atomic E-state index is 13.0. The van der Waals surface area contributed by atoms with Crippen LogP contribution in [0.5, 0.6) is 5.75 Å². The SMILES string of the molecule is COc1ccccc1N1CCN([C@@H]2CCCN(C(=O)CCCc3ccc(F)cc3)C2)CC1. The van der Waals surface area contributed by atoms with E-state index < -0.39 is 0 Å². The Morgan fingerprint density at radius 2 is 1.78 bits per heavy atom. The molecule has 2 aliphatic heterocycles. The number of nitrogens with zero attached hydrogens (tertiary/aromatic N) is 3. The molecule has 4 rings (SSSR count). The van der Waals surface area contributed by atoms with Crippen LogP contribution < -0.4 is 9.64 Å². The average molecular weight is 440 g/mol. The van der Waals surface area contributed by atoms with Crippen LogP contribution in [0.25, 0.3) is 0 Å². The summed E-state index contributed by atoms with van der Waals surface area (Å²) >= 11 is 0. The van der Waals surface area contributed by atoms with Crippen LogP contribution in [0.4, 0.5) is 10.1 Å². The number of piperidine rings is 1. The van der Waals surface area contributed by atoms with Crippen LogP contribution in [0.15, 0.2) is 48.5 Å². The molecule has 172 valence electrons. The first kappa shape index (κ1) is 22.6. The van der Waals surface area contributed by atoms with Crippen molar-refractivity contribution in [1.82, 2.24) is 9.80 Å². The van der Waals surface area contributed by atoms with Crippen molar-refractivity contribution in [2.45, 2.75) is 38.1 Å². The lowest BCUT2D eigenvalue weighted by molar-refractivity contribution is -0.133. The molecule has 2 saturated heterocycles. The van der Waals surface area contributed by atoms with Gasteiger partial charge in [-0.25, -0.2) is 4.39 Å². The molecule has 0 radical (unpaired) electrons. The molecule has 2 heterocycles. The van der Waals surface area contributed by atoms with E-state index in [0.29, 0.717) is 12.5 Å². The Bertz CT molecular complexity index is 881. The molecule has 2 aromatic carbocycles. The lowest BCUT2D eigenvalue weighted by atomic mass is 10.0. The Kier molecular flexibility index (Phi) is 7.63. The van der Waals surface area contributed by atoms with Gasteiger partial charge in [-0.15, -0.1) is 0 Å². The van der Waals surface area contributed by atoms with Crippen LogP contribution in [0.3, 0.4) is 0 Å². The third kappa shape index (κ3) is 5.60. The van der Waals surface area contributed by atoms with Gasteiger partial charge in [-0.05, 0) is 55.5 Å². The monoisotopic (exact) mass is 439 g/mol. The Morgan fingerprint density at radius 1 is 1.03 bits per heavy atom. The van der Waals surface area contributed by atoms with Gasteiger partial charge in [0, 0.05) is 51.7 Å². The maximum Gasteiger partial charge on any atom is 0.222 e. The zero-order valence-corrected chi connectivity index (χ0v) is 19.0. The highest BCUT2D eigenvalue weighted by molar-refractivity contribution is 5.76. The number of amides is 1. The normalized spacial score (nSPS) is 19.8. The zero-order chi connectivity index (χ0) is 22.3. The van der Waals surface area contributed by atoms with Crippen molar-refractivity contribution in [1.29, 1.82) is 0 Å². The van der Waals surface area contributed by atoms with Crippen LogP contribution in [0.2, 0.25) is 0 Å². The minimum Gasteiger partial charge on any atom is -0.495 e. The van der Waals surface area contributed by atoms with Gasteiger partial charge in [0.15, 0.2) is 0 Å². The van der Waals surface area contributed by atoms with Crippen molar-refractivity contribution in [3.05, 3.63) is 59.9 Å². The average Bonchev–Trinajstić information content (AvgIpc) is 2.85. The van der Waals surface area contributed by atoms with Gasteiger partial charge >= 0.3 is 0 Å². The number of para-hydroxylation sites is 2. The predicted molar refractivity (Wildman–Crippen MR) is 126 cm³/mol. The van der Waals surface area contributed by atoms with E-state index in [1.54, 1.807) is 19.2 Å². The summed E-state index contributed by atoms with van der Waals surface area (Å²) in [6.07, 6.45) is 4.41. The van der Waals surface area contributed by atoms with Gasteiger partial charge in [0.1, 0.15) is 11.6 Å². The largest absolute Gasteiger partial charge is 0.495 e. The number of benzene rings is 2. The number of hydrogen-bond acceptors (Lipinski definition) is 4. The molecule has 6 heteroatoms. The fourth-order valence-corrected chi connectivity index (χ4v) is 4.95. The molecule has 32 heavy (non-hydrogen) atoms. The molecule has 2 fully saturated rings. The van der Waals surface area contributed by atoms with E-state index in [2.05, 4.69) is 26.8 Å². The molecule has 1 atom stereocenters. The lowest BCUT2D eigenvalue weighted by Gasteiger charge is -2.44. The first-order valence-electron chi connectivity index (χ1n) is 11.8. The van der Waals surface area contributed by atoms with Gasteiger partial charge in [0.25, 0.3) is 0 Å². The van der Waals surface area contributed by atoms with Crippen molar-refractivity contribution in [3.8, 4) is 5.75 Å². The second-order valence-electron chi connectivity index (χ2n) is 8.81. The van der Waals surface area contributed by atoms with Crippen molar-refractivity contribution >= 4 is 11.6 Å². The highest BCUT2D eigenvalue weighted by Gasteiger charge is 2.30. The Labute approximate surface area is 190 Å². The number of likely N-dealkylation sites (tertiary alicyclic amines) is 1. The number of methoxy groups -OCH3 is 1. The van der Waals surface area contributed by atoms with Crippen molar-refractivity contribution in [2.24, 2.45) is 0 Å². The minimum atomic E-state index is -0.215. The van der Waals surface area contributed by atoms with Crippen LogP contribution in [0, 0.1) is 5.82 Å². The summed E-state index contributed by atoms with van der Waals surface area (Å²) in [4.78, 5) is 19.8. The van der Waals surface area contributed by atoms with Crippen LogP contribution in [0.1, 0.15) is 31.2 Å². The van der Waals surface area contributed by atoms with Gasteiger partial charge < -0.3 is 14.5 Å². The number of rotatable bonds is 7. The Balaban J connectivity index is 1.24. The zero-order valence-electron chi connectivity index (χ0n) is 19.0. The fraction of sp³-hybridized carbons (Fsp3) is 0.500. The van der Waals surface area contributed by atoms with Crippen molar-refractivity contribution in [2.75, 3.05) is 51.3 Å². The number of carbonyl (C=O) groups excluding carboxylic acids is 1. The fourth-order valence-electron chi connectivity index (χ4n) is 4.95. The van der Waals surface area contributed by atoms with E-state index in [4.69, 9.17) is 4.74 Å². The summed E-state index contributed by atoms with van der Waals surface area (Å²) in [5.41, 5.74) is 2.25. The number of hydrogen-bond donors (Lipinski definition) is 0. The predicted octanol–water partition coefficient (Wildman–Crippen LogP) is 3.97. The number of piperazine rings is 1. The lowest BCUT2D eigenvalue weighted by Crippen LogP contribution is -2.55. The van der Waals surface area contributed by atoms with Crippen LogP contribution in [-0.4, -0.2) is 68.1 Å². The van der Waals surface area contributed by atoms with Gasteiger partial charge in [-0.1, -0.05) is 24.3 Å². The Morgan fingerprint density at radius 3 is 2.53 bits per heavy atom. The smallest absolute Gasteiger partial charge is 0.222 e. The number of anilines is 1. The van der Waals surface area contributed by atoms with E-state index in [1.807, 2.05) is 12.1 Å². The minimum absolute atomic E-state index is 0.215. The molecule has 1 amide bonds. The molecule has 0 aromatic heterocycles. The molecule has 0 spiro atoms. The van der Waals surface area contributed by atoms with Crippen LogP contribution in [-0.2, 0) is 11.2 Å². The molecular formula is C26H34FN3O2. The number of ether oxygens (including phenoxy) is 1. The highest BCUT2D eigenvalue weighted by atomic mass is 19.1. The Hall–Kier alpha value is -2.60. The molecule has 0 unspecified atom stereocenters. The van der Waals surface area contributed by atoms with Crippen molar-refractivity contribution in [3.63, 3.8) is 0 Å². The van der Waals surface area contributed by atoms with E-state index >= 15 is 0 Å². The summed E-state index contributed by atoms with van der Waals surface area (Å²) < 4.78 is 18.6. The van der Waals surface area contributed by atoms with Gasteiger partial charge in [0.2, 0.25) is 5.91 Å². The summed E-state index contributed by atoms with van der Waals surface area (Å²) in [5.74, 6) is 0.966. The molecule has 0 bridgehead atoms. The van der Waals surface area contributed by atoms with Gasteiger partial charge in [0.05, 0.1) is 12.8 Å². The molecule has 2 aromatic rings. The molecule has 0 saturated carbocycles. The van der Waals surface area contributed by atoms with Crippen molar-refractivity contribution < 1.29 is 13.9 Å². The summed E-state index contributed by atoms with van der Waals surface area (Å²) in [6.45, 7) is 5.67.